The Bertz CT molecular complexity index is 714. The van der Waals surface area contributed by atoms with Gasteiger partial charge in [-0.2, -0.15) is 0 Å². The molecular weight excluding hydrogens is 328 g/mol. The molecule has 2 aromatic rings. The maximum atomic E-state index is 11.8. The smallest absolute Gasteiger partial charge is 0.309 e. The number of carbonyl (C=O) groups excluding carboxylic acids is 2. The third kappa shape index (κ3) is 4.98. The Hall–Kier alpha value is -3.00. The Kier molecular flexibility index (Phi) is 6.41. The van der Waals surface area contributed by atoms with Gasteiger partial charge in [-0.05, 0) is 29.8 Å². The van der Waals surface area contributed by atoms with Gasteiger partial charge in [0.25, 0.3) is 0 Å². The van der Waals surface area contributed by atoms with Crippen LogP contribution in [0, 0.1) is 0 Å². The molecule has 8 nitrogen and oxygen atoms in total. The molecule has 1 unspecified atom stereocenters. The van der Waals surface area contributed by atoms with Crippen molar-refractivity contribution in [1.29, 1.82) is 0 Å². The lowest BCUT2D eigenvalue weighted by molar-refractivity contribution is -0.139. The average molecular weight is 348 g/mol. The fraction of sp³-hybridized carbons (Fsp3) is 0.294. The van der Waals surface area contributed by atoms with E-state index in [0.717, 1.165) is 0 Å². The second-order valence-corrected chi connectivity index (χ2v) is 5.10. The standard InChI is InChI=1S/C17H20N2O6/c1-23-14-6-5-11(8-15(14)24-2)13(20)10-19-17(22)16(21)18-9-12-4-3-7-25-12/h3-8,13,20H,9-10H2,1-2H3,(H,18,21)(H,19,22). The van der Waals surface area contributed by atoms with Crippen molar-refractivity contribution < 1.29 is 28.6 Å². The molecule has 2 amide bonds. The molecule has 0 spiro atoms. The van der Waals surface area contributed by atoms with Crippen molar-refractivity contribution in [2.24, 2.45) is 0 Å². The van der Waals surface area contributed by atoms with Gasteiger partial charge in [-0.1, -0.05) is 6.07 Å². The van der Waals surface area contributed by atoms with Crippen LogP contribution in [0.2, 0.25) is 0 Å². The molecule has 25 heavy (non-hydrogen) atoms. The van der Waals surface area contributed by atoms with Gasteiger partial charge in [0.05, 0.1) is 33.1 Å². The number of hydrogen-bond acceptors (Lipinski definition) is 6. The first-order chi connectivity index (χ1) is 12.0. The number of rotatable bonds is 7. The summed E-state index contributed by atoms with van der Waals surface area (Å²) in [7, 11) is 2.99. The van der Waals surface area contributed by atoms with Gasteiger partial charge in [0.1, 0.15) is 5.76 Å². The number of ether oxygens (including phenoxy) is 2. The summed E-state index contributed by atoms with van der Waals surface area (Å²) in [6.07, 6.45) is 0.475. The molecule has 1 aromatic carbocycles. The van der Waals surface area contributed by atoms with Crippen molar-refractivity contribution in [2.45, 2.75) is 12.6 Å². The molecule has 8 heteroatoms. The lowest BCUT2D eigenvalue weighted by atomic mass is 10.1. The number of carbonyl (C=O) groups is 2. The highest BCUT2D eigenvalue weighted by Gasteiger charge is 2.17. The fourth-order valence-corrected chi connectivity index (χ4v) is 2.11. The number of aliphatic hydroxyl groups excluding tert-OH is 1. The molecule has 2 rings (SSSR count). The predicted octanol–water partition coefficient (Wildman–Crippen LogP) is 0.763. The summed E-state index contributed by atoms with van der Waals surface area (Å²) in [6.45, 7) is -0.0139. The minimum atomic E-state index is -0.998. The number of furan rings is 1. The first kappa shape index (κ1) is 18.3. The van der Waals surface area contributed by atoms with Gasteiger partial charge >= 0.3 is 11.8 Å². The molecule has 0 aliphatic heterocycles. The highest BCUT2D eigenvalue weighted by Crippen LogP contribution is 2.29. The SMILES string of the molecule is COc1ccc(C(O)CNC(=O)C(=O)NCc2ccco2)cc1OC. The van der Waals surface area contributed by atoms with Crippen LogP contribution in [-0.2, 0) is 16.1 Å². The normalized spacial score (nSPS) is 11.5. The van der Waals surface area contributed by atoms with Gasteiger partial charge in [0.2, 0.25) is 0 Å². The lowest BCUT2D eigenvalue weighted by Crippen LogP contribution is -2.41. The quantitative estimate of drug-likeness (QED) is 0.637. The van der Waals surface area contributed by atoms with Gasteiger partial charge < -0.3 is 29.6 Å². The van der Waals surface area contributed by atoms with E-state index in [-0.39, 0.29) is 13.1 Å². The Balaban J connectivity index is 1.85. The van der Waals surface area contributed by atoms with Crippen molar-refractivity contribution >= 4 is 11.8 Å². The summed E-state index contributed by atoms with van der Waals surface area (Å²) >= 11 is 0. The van der Waals surface area contributed by atoms with Crippen molar-refractivity contribution in [3.63, 3.8) is 0 Å². The summed E-state index contributed by atoms with van der Waals surface area (Å²) in [6, 6.07) is 8.26. The van der Waals surface area contributed by atoms with Crippen LogP contribution in [0.4, 0.5) is 0 Å². The van der Waals surface area contributed by atoms with Gasteiger partial charge in [-0.3, -0.25) is 9.59 Å². The fourth-order valence-electron chi connectivity index (χ4n) is 2.11. The molecule has 134 valence electrons. The number of benzene rings is 1. The van der Waals surface area contributed by atoms with E-state index in [1.54, 1.807) is 30.3 Å². The molecular formula is C17H20N2O6. The lowest BCUT2D eigenvalue weighted by Gasteiger charge is -2.14. The van der Waals surface area contributed by atoms with Crippen LogP contribution in [-0.4, -0.2) is 37.7 Å². The summed E-state index contributed by atoms with van der Waals surface area (Å²) in [4.78, 5) is 23.4. The molecule has 0 bridgehead atoms. The predicted molar refractivity (Wildman–Crippen MR) is 88.1 cm³/mol. The highest BCUT2D eigenvalue weighted by molar-refractivity contribution is 6.35. The monoisotopic (exact) mass is 348 g/mol. The summed E-state index contributed by atoms with van der Waals surface area (Å²) in [5, 5.41) is 14.9. The minimum absolute atomic E-state index is 0.109. The third-order valence-corrected chi connectivity index (χ3v) is 3.46. The van der Waals surface area contributed by atoms with E-state index in [4.69, 9.17) is 13.9 Å². The van der Waals surface area contributed by atoms with Crippen LogP contribution < -0.4 is 20.1 Å². The Morgan fingerprint density at radius 1 is 1.12 bits per heavy atom. The molecule has 0 radical (unpaired) electrons. The van der Waals surface area contributed by atoms with Crippen molar-refractivity contribution in [3.8, 4) is 11.5 Å². The molecule has 0 aliphatic carbocycles. The molecule has 0 saturated heterocycles. The first-order valence-electron chi connectivity index (χ1n) is 7.53. The molecule has 0 aliphatic rings. The molecule has 3 N–H and O–H groups in total. The van der Waals surface area contributed by atoms with Crippen LogP contribution in [0.5, 0.6) is 11.5 Å². The first-order valence-corrected chi connectivity index (χ1v) is 7.53. The zero-order valence-electron chi connectivity index (χ0n) is 13.9. The van der Waals surface area contributed by atoms with Crippen LogP contribution in [0.25, 0.3) is 0 Å². The van der Waals surface area contributed by atoms with E-state index in [1.807, 2.05) is 0 Å². The second kappa shape index (κ2) is 8.74. The highest BCUT2D eigenvalue weighted by atomic mass is 16.5. The molecule has 0 saturated carbocycles. The zero-order valence-corrected chi connectivity index (χ0v) is 13.9. The van der Waals surface area contributed by atoms with E-state index in [1.165, 1.54) is 20.5 Å². The van der Waals surface area contributed by atoms with E-state index < -0.39 is 17.9 Å². The summed E-state index contributed by atoms with van der Waals surface area (Å²) in [5.41, 5.74) is 0.522. The van der Waals surface area contributed by atoms with Crippen LogP contribution >= 0.6 is 0 Å². The van der Waals surface area contributed by atoms with Crippen LogP contribution in [0.3, 0.4) is 0 Å². The van der Waals surface area contributed by atoms with Crippen LogP contribution in [0.1, 0.15) is 17.4 Å². The number of amides is 2. The number of methoxy groups -OCH3 is 2. The van der Waals surface area contributed by atoms with Gasteiger partial charge in [-0.25, -0.2) is 0 Å². The van der Waals surface area contributed by atoms with Gasteiger partial charge in [0, 0.05) is 6.54 Å². The second-order valence-electron chi connectivity index (χ2n) is 5.10. The number of nitrogens with one attached hydrogen (secondary N) is 2. The molecule has 1 aromatic heterocycles. The van der Waals surface area contributed by atoms with E-state index in [9.17, 15) is 14.7 Å². The third-order valence-electron chi connectivity index (χ3n) is 3.46. The topological polar surface area (TPSA) is 110 Å². The summed E-state index contributed by atoms with van der Waals surface area (Å²) < 4.78 is 15.3. The maximum Gasteiger partial charge on any atom is 0.309 e. The van der Waals surface area contributed by atoms with Crippen molar-refractivity contribution in [2.75, 3.05) is 20.8 Å². The Morgan fingerprint density at radius 2 is 1.84 bits per heavy atom. The Labute approximate surface area is 144 Å². The maximum absolute atomic E-state index is 11.8. The number of hydrogen-bond donors (Lipinski definition) is 3. The molecule has 1 heterocycles. The molecule has 0 fully saturated rings. The number of aliphatic hydroxyl groups is 1. The van der Waals surface area contributed by atoms with Crippen LogP contribution in [0.15, 0.2) is 41.0 Å². The minimum Gasteiger partial charge on any atom is -0.493 e. The average Bonchev–Trinajstić information content (AvgIpc) is 3.16. The van der Waals surface area contributed by atoms with Crippen molar-refractivity contribution in [1.82, 2.24) is 10.6 Å². The van der Waals surface area contributed by atoms with Crippen molar-refractivity contribution in [3.05, 3.63) is 47.9 Å². The van der Waals surface area contributed by atoms with Gasteiger partial charge in [0.15, 0.2) is 11.5 Å². The van der Waals surface area contributed by atoms with E-state index >= 15 is 0 Å². The van der Waals surface area contributed by atoms with E-state index in [0.29, 0.717) is 22.8 Å². The Morgan fingerprint density at radius 3 is 2.48 bits per heavy atom. The summed E-state index contributed by atoms with van der Waals surface area (Å²) in [5.74, 6) is -0.130. The molecule has 1 atom stereocenters. The zero-order chi connectivity index (χ0) is 18.2. The largest absolute Gasteiger partial charge is 0.493 e. The van der Waals surface area contributed by atoms with E-state index in [2.05, 4.69) is 10.6 Å². The van der Waals surface area contributed by atoms with Gasteiger partial charge in [-0.15, -0.1) is 0 Å².